The lowest BCUT2D eigenvalue weighted by Crippen LogP contribution is -2.23. The lowest BCUT2D eigenvalue weighted by atomic mass is 10.2. The van der Waals surface area contributed by atoms with E-state index in [1.165, 1.54) is 18.7 Å². The molecule has 2 amide bonds. The fourth-order valence-corrected chi connectivity index (χ4v) is 3.68. The summed E-state index contributed by atoms with van der Waals surface area (Å²) in [4.78, 5) is 28.3. The molecule has 2 N–H and O–H groups in total. The first kappa shape index (κ1) is 19.7. The van der Waals surface area contributed by atoms with Crippen LogP contribution in [0.3, 0.4) is 0 Å². The van der Waals surface area contributed by atoms with Gasteiger partial charge in [-0.2, -0.15) is 0 Å². The molecule has 3 aromatic rings. The van der Waals surface area contributed by atoms with Crippen LogP contribution in [0.5, 0.6) is 0 Å². The number of amides is 2. The molecule has 0 aliphatic heterocycles. The number of imidazole rings is 1. The summed E-state index contributed by atoms with van der Waals surface area (Å²) in [6, 6.07) is 14.9. The zero-order valence-corrected chi connectivity index (χ0v) is 16.6. The number of hydrogen-bond donors (Lipinski definition) is 2. The molecule has 1 heterocycles. The lowest BCUT2D eigenvalue weighted by molar-refractivity contribution is -0.115. The summed E-state index contributed by atoms with van der Waals surface area (Å²) in [6.07, 6.45) is 1.82. The van der Waals surface area contributed by atoms with Crippen LogP contribution in [0.4, 0.5) is 11.4 Å². The number of rotatable bonds is 7. The van der Waals surface area contributed by atoms with Crippen LogP contribution in [0.25, 0.3) is 11.0 Å². The molecular formula is C21H22N4O2S. The average molecular weight is 395 g/mol. The van der Waals surface area contributed by atoms with E-state index in [1.54, 1.807) is 24.3 Å². The number of fused-ring (bicyclic) bond motifs is 1. The van der Waals surface area contributed by atoms with Crippen LogP contribution in [0.15, 0.2) is 66.3 Å². The Bertz CT molecular complexity index is 1010. The molecule has 0 aliphatic carbocycles. The largest absolute Gasteiger partial charge is 0.326 e. The molecule has 28 heavy (non-hydrogen) atoms. The number of nitrogens with one attached hydrogen (secondary N) is 2. The summed E-state index contributed by atoms with van der Waals surface area (Å²) < 4.78 is 2.05. The number of carbonyl (C=O) groups is 2. The maximum absolute atomic E-state index is 12.6. The minimum absolute atomic E-state index is 0.116. The zero-order valence-electron chi connectivity index (χ0n) is 15.8. The van der Waals surface area contributed by atoms with Crippen LogP contribution >= 0.6 is 11.8 Å². The van der Waals surface area contributed by atoms with Gasteiger partial charge in [0.1, 0.15) is 0 Å². The first-order chi connectivity index (χ1) is 13.5. The van der Waals surface area contributed by atoms with Crippen molar-refractivity contribution in [2.75, 3.05) is 10.6 Å². The number of thioether (sulfide) groups is 1. The molecule has 0 fully saturated rings. The summed E-state index contributed by atoms with van der Waals surface area (Å²) in [5.74, 6) is -0.251. The molecule has 3 rings (SSSR count). The lowest BCUT2D eigenvalue weighted by Gasteiger charge is -2.13. The Balaban J connectivity index is 1.70. The third-order valence-electron chi connectivity index (χ3n) is 4.06. The van der Waals surface area contributed by atoms with E-state index in [-0.39, 0.29) is 17.1 Å². The Morgan fingerprint density at radius 1 is 1.14 bits per heavy atom. The van der Waals surface area contributed by atoms with Gasteiger partial charge < -0.3 is 15.2 Å². The SMILES string of the molecule is C=CCn1c(S[C@@H](C)C(=O)Nc2ccc(NC(C)=O)cc2)nc2ccccc21. The molecule has 0 bridgehead atoms. The molecular weight excluding hydrogens is 372 g/mol. The van der Waals surface area contributed by atoms with Crippen molar-refractivity contribution in [2.24, 2.45) is 0 Å². The van der Waals surface area contributed by atoms with Crippen molar-refractivity contribution in [1.29, 1.82) is 0 Å². The summed E-state index contributed by atoms with van der Waals surface area (Å²) in [6.45, 7) is 7.75. The fourth-order valence-electron chi connectivity index (χ4n) is 2.74. The topological polar surface area (TPSA) is 76.0 Å². The number of hydrogen-bond acceptors (Lipinski definition) is 4. The Hall–Kier alpha value is -3.06. The molecule has 6 nitrogen and oxygen atoms in total. The van der Waals surface area contributed by atoms with E-state index in [0.29, 0.717) is 17.9 Å². The van der Waals surface area contributed by atoms with Gasteiger partial charge in [-0.15, -0.1) is 6.58 Å². The van der Waals surface area contributed by atoms with Gasteiger partial charge in [0, 0.05) is 24.8 Å². The molecule has 0 spiro atoms. The zero-order chi connectivity index (χ0) is 20.1. The van der Waals surface area contributed by atoms with Crippen LogP contribution in [0.1, 0.15) is 13.8 Å². The minimum atomic E-state index is -0.338. The highest BCUT2D eigenvalue weighted by molar-refractivity contribution is 8.00. The van der Waals surface area contributed by atoms with Gasteiger partial charge in [0.05, 0.1) is 16.3 Å². The number of benzene rings is 2. The highest BCUT2D eigenvalue weighted by atomic mass is 32.2. The van der Waals surface area contributed by atoms with E-state index in [0.717, 1.165) is 16.2 Å². The van der Waals surface area contributed by atoms with Crippen molar-refractivity contribution in [2.45, 2.75) is 30.8 Å². The Morgan fingerprint density at radius 2 is 1.79 bits per heavy atom. The second-order valence-corrected chi connectivity index (χ2v) is 7.60. The van der Waals surface area contributed by atoms with Crippen LogP contribution in [0, 0.1) is 0 Å². The number of carbonyl (C=O) groups excluding carboxylic acids is 2. The average Bonchev–Trinajstić information content (AvgIpc) is 3.00. The van der Waals surface area contributed by atoms with Crippen LogP contribution in [-0.4, -0.2) is 26.6 Å². The summed E-state index contributed by atoms with van der Waals surface area (Å²) in [5, 5.41) is 6.04. The number of allylic oxidation sites excluding steroid dienone is 1. The van der Waals surface area contributed by atoms with E-state index >= 15 is 0 Å². The van der Waals surface area contributed by atoms with Crippen molar-refractivity contribution < 1.29 is 9.59 Å². The van der Waals surface area contributed by atoms with Crippen molar-refractivity contribution in [1.82, 2.24) is 9.55 Å². The Kier molecular flexibility index (Phi) is 6.16. The summed E-state index contributed by atoms with van der Waals surface area (Å²) in [7, 11) is 0. The molecule has 1 atom stereocenters. The number of aromatic nitrogens is 2. The monoisotopic (exact) mass is 394 g/mol. The van der Waals surface area contributed by atoms with Gasteiger partial charge in [-0.05, 0) is 43.3 Å². The van der Waals surface area contributed by atoms with Crippen molar-refractivity contribution in [3.05, 3.63) is 61.2 Å². The highest BCUT2D eigenvalue weighted by Gasteiger charge is 2.19. The maximum atomic E-state index is 12.6. The van der Waals surface area contributed by atoms with Gasteiger partial charge in [0.15, 0.2) is 5.16 Å². The predicted octanol–water partition coefficient (Wildman–Crippen LogP) is 4.30. The molecule has 0 saturated carbocycles. The van der Waals surface area contributed by atoms with Crippen LogP contribution < -0.4 is 10.6 Å². The number of para-hydroxylation sites is 2. The third-order valence-corrected chi connectivity index (χ3v) is 5.15. The standard InChI is InChI=1S/C21H22N4O2S/c1-4-13-25-19-8-6-5-7-18(19)24-21(25)28-14(2)20(27)23-17-11-9-16(10-12-17)22-15(3)26/h4-12,14H,1,13H2,2-3H3,(H,22,26)(H,23,27)/t14-/m0/s1. The minimum Gasteiger partial charge on any atom is -0.326 e. The predicted molar refractivity (Wildman–Crippen MR) is 115 cm³/mol. The van der Waals surface area contributed by atoms with Gasteiger partial charge in [-0.3, -0.25) is 9.59 Å². The second kappa shape index (κ2) is 8.75. The van der Waals surface area contributed by atoms with Gasteiger partial charge in [-0.25, -0.2) is 4.98 Å². The van der Waals surface area contributed by atoms with E-state index < -0.39 is 0 Å². The Morgan fingerprint density at radius 3 is 2.43 bits per heavy atom. The number of nitrogens with zero attached hydrogens (tertiary/aromatic N) is 2. The Labute approximate surface area is 168 Å². The fraction of sp³-hybridized carbons (Fsp3) is 0.190. The first-order valence-electron chi connectivity index (χ1n) is 8.89. The van der Waals surface area contributed by atoms with Gasteiger partial charge in [0.25, 0.3) is 0 Å². The van der Waals surface area contributed by atoms with Gasteiger partial charge in [0.2, 0.25) is 11.8 Å². The molecule has 0 radical (unpaired) electrons. The van der Waals surface area contributed by atoms with E-state index in [1.807, 2.05) is 37.3 Å². The van der Waals surface area contributed by atoms with E-state index in [9.17, 15) is 9.59 Å². The van der Waals surface area contributed by atoms with Crippen molar-refractivity contribution >= 4 is 46.0 Å². The molecule has 1 aromatic heterocycles. The highest BCUT2D eigenvalue weighted by Crippen LogP contribution is 2.28. The van der Waals surface area contributed by atoms with Crippen molar-refractivity contribution in [3.8, 4) is 0 Å². The summed E-state index contributed by atoms with van der Waals surface area (Å²) in [5.41, 5.74) is 3.27. The third kappa shape index (κ3) is 4.61. The maximum Gasteiger partial charge on any atom is 0.237 e. The van der Waals surface area contributed by atoms with Crippen LogP contribution in [-0.2, 0) is 16.1 Å². The molecule has 0 saturated heterocycles. The van der Waals surface area contributed by atoms with E-state index in [2.05, 4.69) is 26.8 Å². The molecule has 144 valence electrons. The summed E-state index contributed by atoms with van der Waals surface area (Å²) >= 11 is 1.41. The molecule has 0 unspecified atom stereocenters. The molecule has 2 aromatic carbocycles. The normalized spacial score (nSPS) is 11.8. The van der Waals surface area contributed by atoms with Crippen molar-refractivity contribution in [3.63, 3.8) is 0 Å². The molecule has 7 heteroatoms. The quantitative estimate of drug-likeness (QED) is 0.463. The van der Waals surface area contributed by atoms with E-state index in [4.69, 9.17) is 0 Å². The molecule has 0 aliphatic rings. The first-order valence-corrected chi connectivity index (χ1v) is 9.77. The van der Waals surface area contributed by atoms with Gasteiger partial charge >= 0.3 is 0 Å². The second-order valence-electron chi connectivity index (χ2n) is 6.29. The smallest absolute Gasteiger partial charge is 0.237 e. The van der Waals surface area contributed by atoms with Gasteiger partial charge in [-0.1, -0.05) is 30.0 Å². The number of anilines is 2. The van der Waals surface area contributed by atoms with Crippen LogP contribution in [0.2, 0.25) is 0 Å².